The quantitative estimate of drug-likeness (QED) is 0.412. The number of hydrogen-bond donors (Lipinski definition) is 4. The number of nitriles is 1. The van der Waals surface area contributed by atoms with Gasteiger partial charge in [-0.2, -0.15) is 5.26 Å². The van der Waals surface area contributed by atoms with E-state index in [1.54, 1.807) is 12.1 Å². The third kappa shape index (κ3) is 3.66. The summed E-state index contributed by atoms with van der Waals surface area (Å²) in [5.41, 5.74) is 17.9. The Morgan fingerprint density at radius 2 is 1.81 bits per heavy atom. The molecule has 0 unspecified atom stereocenters. The van der Waals surface area contributed by atoms with Crippen molar-refractivity contribution in [3.8, 4) is 22.9 Å². The molecule has 26 heavy (non-hydrogen) atoms. The van der Waals surface area contributed by atoms with E-state index in [1.165, 1.54) is 0 Å². The van der Waals surface area contributed by atoms with E-state index < -0.39 is 0 Å². The van der Waals surface area contributed by atoms with E-state index in [-0.39, 0.29) is 11.6 Å². The fraction of sp³-hybridized carbons (Fsp3) is 0.0526. The number of ether oxygens (including phenoxy) is 1. The molecule has 7 heteroatoms. The molecule has 0 aliphatic carbocycles. The van der Waals surface area contributed by atoms with Gasteiger partial charge in [0.1, 0.15) is 23.9 Å². The van der Waals surface area contributed by atoms with Gasteiger partial charge in [-0.1, -0.05) is 36.4 Å². The zero-order chi connectivity index (χ0) is 18.5. The predicted molar refractivity (Wildman–Crippen MR) is 102 cm³/mol. The number of nitrogens with one attached hydrogen (secondary N) is 1. The zero-order valence-corrected chi connectivity index (χ0v) is 13.9. The van der Waals surface area contributed by atoms with E-state index in [0.717, 1.165) is 16.7 Å². The minimum absolute atomic E-state index is 0.259. The molecule has 3 aromatic rings. The van der Waals surface area contributed by atoms with Crippen molar-refractivity contribution in [2.24, 2.45) is 5.84 Å². The maximum Gasteiger partial charge on any atom is 0.169 e. The Bertz CT molecular complexity index is 963. The van der Waals surface area contributed by atoms with Crippen molar-refractivity contribution in [2.75, 3.05) is 16.9 Å². The highest BCUT2D eigenvalue weighted by atomic mass is 16.5. The smallest absolute Gasteiger partial charge is 0.169 e. The Hall–Kier alpha value is -3.76. The summed E-state index contributed by atoms with van der Waals surface area (Å²) in [6.07, 6.45) is 0. The second kappa shape index (κ2) is 7.42. The van der Waals surface area contributed by atoms with Gasteiger partial charge in [-0.05, 0) is 28.8 Å². The average Bonchev–Trinajstić information content (AvgIpc) is 2.68. The summed E-state index contributed by atoms with van der Waals surface area (Å²) in [7, 11) is 0. The summed E-state index contributed by atoms with van der Waals surface area (Å²) in [6.45, 7) is 0.316. The Labute approximate surface area is 151 Å². The fourth-order valence-electron chi connectivity index (χ4n) is 2.50. The Morgan fingerprint density at radius 1 is 1.04 bits per heavy atom. The van der Waals surface area contributed by atoms with E-state index in [0.29, 0.717) is 23.6 Å². The number of nitrogens with two attached hydrogens (primary N) is 3. The molecule has 0 bridgehead atoms. The topological polar surface area (TPSA) is 136 Å². The lowest BCUT2D eigenvalue weighted by molar-refractivity contribution is 0.308. The standard InChI is InChI=1S/C19H18N6O/c20-10-13-2-1-3-15(8-13)14-6-4-12(5-7-14)11-26-16-9-17(21)24-19(25-23)18(16)22/h1-9H,11,22-23H2,(H3,21,24,25). The van der Waals surface area contributed by atoms with Crippen LogP contribution in [0.3, 0.4) is 0 Å². The number of nitrogen functional groups attached to an aromatic ring is 3. The number of benzene rings is 2. The lowest BCUT2D eigenvalue weighted by Gasteiger charge is -2.13. The van der Waals surface area contributed by atoms with Gasteiger partial charge in [0.05, 0.1) is 11.6 Å². The third-order valence-electron chi connectivity index (χ3n) is 3.85. The SMILES string of the molecule is N#Cc1cccc(-c2ccc(COc3cc(N)nc(NN)c3N)cc2)c1. The first-order valence-electron chi connectivity index (χ1n) is 7.85. The second-order valence-corrected chi connectivity index (χ2v) is 5.63. The van der Waals surface area contributed by atoms with E-state index >= 15 is 0 Å². The molecule has 3 rings (SSSR count). The maximum absolute atomic E-state index is 9.01. The summed E-state index contributed by atoms with van der Waals surface area (Å²) < 4.78 is 5.74. The maximum atomic E-state index is 9.01. The zero-order valence-electron chi connectivity index (χ0n) is 13.9. The third-order valence-corrected chi connectivity index (χ3v) is 3.85. The van der Waals surface area contributed by atoms with Crippen LogP contribution in [0.1, 0.15) is 11.1 Å². The molecule has 0 saturated carbocycles. The van der Waals surface area contributed by atoms with E-state index in [9.17, 15) is 0 Å². The molecule has 0 amide bonds. The first kappa shape index (κ1) is 17.1. The van der Waals surface area contributed by atoms with Gasteiger partial charge in [0.25, 0.3) is 0 Å². The summed E-state index contributed by atoms with van der Waals surface area (Å²) in [6, 6.07) is 19.0. The number of anilines is 3. The molecule has 0 atom stereocenters. The Balaban J connectivity index is 1.74. The first-order chi connectivity index (χ1) is 12.6. The number of hydrazine groups is 1. The number of pyridine rings is 1. The van der Waals surface area contributed by atoms with Crippen molar-refractivity contribution in [1.82, 2.24) is 4.98 Å². The lowest BCUT2D eigenvalue weighted by atomic mass is 10.0. The molecule has 2 aromatic carbocycles. The van der Waals surface area contributed by atoms with Gasteiger partial charge in [-0.3, -0.25) is 0 Å². The van der Waals surface area contributed by atoms with Crippen molar-refractivity contribution in [3.63, 3.8) is 0 Å². The van der Waals surface area contributed by atoms with E-state index in [2.05, 4.69) is 16.5 Å². The highest BCUT2D eigenvalue weighted by Crippen LogP contribution is 2.30. The average molecular weight is 346 g/mol. The van der Waals surface area contributed by atoms with Crippen LogP contribution in [0.25, 0.3) is 11.1 Å². The minimum Gasteiger partial charge on any atom is -0.486 e. The van der Waals surface area contributed by atoms with Crippen LogP contribution >= 0.6 is 0 Å². The number of rotatable bonds is 5. The van der Waals surface area contributed by atoms with Crippen LogP contribution in [-0.2, 0) is 6.61 Å². The van der Waals surface area contributed by atoms with Crippen LogP contribution in [0, 0.1) is 11.3 Å². The van der Waals surface area contributed by atoms with Crippen molar-refractivity contribution in [3.05, 3.63) is 65.7 Å². The summed E-state index contributed by atoms with van der Waals surface area (Å²) in [4.78, 5) is 3.98. The summed E-state index contributed by atoms with van der Waals surface area (Å²) in [5.74, 6) is 6.31. The Kier molecular flexibility index (Phi) is 4.87. The van der Waals surface area contributed by atoms with Gasteiger partial charge in [0.2, 0.25) is 0 Å². The molecule has 7 nitrogen and oxygen atoms in total. The molecular formula is C19H18N6O. The molecule has 0 radical (unpaired) electrons. The summed E-state index contributed by atoms with van der Waals surface area (Å²) >= 11 is 0. The minimum atomic E-state index is 0.259. The van der Waals surface area contributed by atoms with Gasteiger partial charge >= 0.3 is 0 Å². The highest BCUT2D eigenvalue weighted by Gasteiger charge is 2.09. The van der Waals surface area contributed by atoms with Crippen LogP contribution in [0.4, 0.5) is 17.3 Å². The normalized spacial score (nSPS) is 10.2. The van der Waals surface area contributed by atoms with Crippen LogP contribution in [0.5, 0.6) is 5.75 Å². The predicted octanol–water partition coefficient (Wildman–Crippen LogP) is 2.65. The number of hydrogen-bond acceptors (Lipinski definition) is 7. The van der Waals surface area contributed by atoms with Gasteiger partial charge in [0, 0.05) is 6.07 Å². The van der Waals surface area contributed by atoms with Crippen molar-refractivity contribution >= 4 is 17.3 Å². The van der Waals surface area contributed by atoms with Crippen molar-refractivity contribution < 1.29 is 4.74 Å². The molecule has 0 aliphatic heterocycles. The van der Waals surface area contributed by atoms with Gasteiger partial charge in [-0.25, -0.2) is 10.8 Å². The second-order valence-electron chi connectivity index (χ2n) is 5.63. The van der Waals surface area contributed by atoms with Crippen LogP contribution in [-0.4, -0.2) is 4.98 Å². The van der Waals surface area contributed by atoms with Crippen molar-refractivity contribution in [2.45, 2.75) is 6.61 Å². The van der Waals surface area contributed by atoms with Crippen LogP contribution in [0.2, 0.25) is 0 Å². The fourth-order valence-corrected chi connectivity index (χ4v) is 2.50. The molecular weight excluding hydrogens is 328 g/mol. The number of nitrogens with zero attached hydrogens (tertiary/aromatic N) is 2. The van der Waals surface area contributed by atoms with E-state index in [4.69, 9.17) is 27.3 Å². The molecule has 1 heterocycles. The molecule has 0 aliphatic rings. The van der Waals surface area contributed by atoms with E-state index in [1.807, 2.05) is 42.5 Å². The van der Waals surface area contributed by atoms with Crippen molar-refractivity contribution in [1.29, 1.82) is 5.26 Å². The molecule has 7 N–H and O–H groups in total. The highest BCUT2D eigenvalue weighted by molar-refractivity contribution is 5.71. The van der Waals surface area contributed by atoms with Crippen LogP contribution in [0.15, 0.2) is 54.6 Å². The van der Waals surface area contributed by atoms with Gasteiger partial charge in [0.15, 0.2) is 5.82 Å². The largest absolute Gasteiger partial charge is 0.486 e. The molecule has 1 aromatic heterocycles. The monoisotopic (exact) mass is 346 g/mol. The Morgan fingerprint density at radius 3 is 2.50 bits per heavy atom. The molecule has 0 saturated heterocycles. The number of aromatic nitrogens is 1. The van der Waals surface area contributed by atoms with Gasteiger partial charge < -0.3 is 21.6 Å². The first-order valence-corrected chi connectivity index (χ1v) is 7.85. The lowest BCUT2D eigenvalue weighted by Crippen LogP contribution is -2.13. The summed E-state index contributed by atoms with van der Waals surface area (Å²) in [5, 5.41) is 9.01. The molecule has 0 fully saturated rings. The van der Waals surface area contributed by atoms with Gasteiger partial charge in [-0.15, -0.1) is 0 Å². The molecule has 130 valence electrons. The van der Waals surface area contributed by atoms with Crippen LogP contribution < -0.4 is 27.5 Å². The molecule has 0 spiro atoms.